The summed E-state index contributed by atoms with van der Waals surface area (Å²) in [6.45, 7) is 4.25. The van der Waals surface area contributed by atoms with E-state index in [0.717, 1.165) is 12.8 Å². The van der Waals surface area contributed by atoms with Crippen LogP contribution in [-0.4, -0.2) is 58.3 Å². The monoisotopic (exact) mass is 294 g/mol. The average molecular weight is 295 g/mol. The predicted molar refractivity (Wildman–Crippen MR) is 80.8 cm³/mol. The summed E-state index contributed by atoms with van der Waals surface area (Å²) in [6.07, 6.45) is 1.86. The van der Waals surface area contributed by atoms with Crippen LogP contribution in [0.5, 0.6) is 0 Å². The molecule has 0 aromatic carbocycles. The summed E-state index contributed by atoms with van der Waals surface area (Å²) in [7, 11) is 6.20. The summed E-state index contributed by atoms with van der Waals surface area (Å²) in [5.41, 5.74) is -0.549. The molecule has 0 N–H and O–H groups in total. The second-order valence-electron chi connectivity index (χ2n) is 4.55. The molecule has 0 saturated heterocycles. The molecule has 0 aromatic rings. The molecule has 0 fully saturated rings. The van der Waals surface area contributed by atoms with E-state index in [1.165, 1.54) is 12.1 Å². The molecule has 4 nitrogen and oxygen atoms in total. The molecule has 0 bridgehead atoms. The van der Waals surface area contributed by atoms with Crippen molar-refractivity contribution < 1.29 is 18.9 Å². The number of ether oxygens (including phenoxy) is 4. The summed E-state index contributed by atoms with van der Waals surface area (Å²) in [6, 6.07) is 2.46. The molecule has 0 atom stereocenters. The van der Waals surface area contributed by atoms with Crippen molar-refractivity contribution in [1.29, 1.82) is 0 Å². The van der Waals surface area contributed by atoms with Gasteiger partial charge < -0.3 is 18.9 Å². The van der Waals surface area contributed by atoms with Crippen molar-refractivity contribution >= 4 is 19.0 Å². The minimum atomic E-state index is -0.394. The minimum absolute atomic E-state index is 0.274. The Kier molecular flexibility index (Phi) is 9.36. The zero-order valence-corrected chi connectivity index (χ0v) is 15.7. The number of rotatable bonds is 11. The SMILES string of the molecule is CCC(OC)(OC)[SiH2]CC[SiH2]C(CC)(OC)OC. The van der Waals surface area contributed by atoms with Crippen LogP contribution >= 0.6 is 0 Å². The zero-order valence-electron chi connectivity index (χ0n) is 12.9. The van der Waals surface area contributed by atoms with Gasteiger partial charge in [0.25, 0.3) is 0 Å². The van der Waals surface area contributed by atoms with Gasteiger partial charge in [0.2, 0.25) is 0 Å². The summed E-state index contributed by atoms with van der Waals surface area (Å²) in [5.74, 6) is 0. The van der Waals surface area contributed by atoms with Crippen LogP contribution in [0, 0.1) is 0 Å². The molecule has 0 radical (unpaired) electrons. The van der Waals surface area contributed by atoms with Crippen molar-refractivity contribution in [3.63, 3.8) is 0 Å². The molecule has 0 aliphatic carbocycles. The Hall–Kier alpha value is 0.274. The van der Waals surface area contributed by atoms with Crippen molar-refractivity contribution in [2.75, 3.05) is 28.4 Å². The Balaban J connectivity index is 4.11. The van der Waals surface area contributed by atoms with E-state index in [2.05, 4.69) is 13.8 Å². The van der Waals surface area contributed by atoms with Gasteiger partial charge in [-0.05, 0) is 12.8 Å². The van der Waals surface area contributed by atoms with E-state index >= 15 is 0 Å². The fraction of sp³-hybridized carbons (Fsp3) is 1.00. The van der Waals surface area contributed by atoms with Gasteiger partial charge in [0.05, 0.1) is 19.0 Å². The van der Waals surface area contributed by atoms with E-state index in [1.54, 1.807) is 28.4 Å². The predicted octanol–water partition coefficient (Wildman–Crippen LogP) is 0.874. The first kappa shape index (κ1) is 18.3. The number of methoxy groups -OCH3 is 4. The molecule has 110 valence electrons. The maximum atomic E-state index is 5.54. The van der Waals surface area contributed by atoms with Crippen LogP contribution < -0.4 is 0 Å². The van der Waals surface area contributed by atoms with Gasteiger partial charge in [-0.25, -0.2) is 0 Å². The smallest absolute Gasteiger partial charge is 0.143 e. The van der Waals surface area contributed by atoms with Crippen LogP contribution in [0.25, 0.3) is 0 Å². The van der Waals surface area contributed by atoms with Crippen LogP contribution in [0.15, 0.2) is 0 Å². The first-order valence-electron chi connectivity index (χ1n) is 6.78. The van der Waals surface area contributed by atoms with Gasteiger partial charge in [0.1, 0.15) is 10.8 Å². The summed E-state index contributed by atoms with van der Waals surface area (Å²) in [5, 5.41) is 0. The van der Waals surface area contributed by atoms with E-state index in [0.29, 0.717) is 0 Å². The Labute approximate surface area is 116 Å². The third-order valence-corrected chi connectivity index (χ3v) is 10.3. The molecular formula is C12H30O4Si2. The zero-order chi connectivity index (χ0) is 14.1. The Morgan fingerprint density at radius 3 is 1.11 bits per heavy atom. The highest BCUT2D eigenvalue weighted by molar-refractivity contribution is 6.45. The quantitative estimate of drug-likeness (QED) is 0.322. The van der Waals surface area contributed by atoms with Crippen LogP contribution in [0.3, 0.4) is 0 Å². The molecular weight excluding hydrogens is 264 g/mol. The molecule has 0 saturated carbocycles. The van der Waals surface area contributed by atoms with Crippen molar-refractivity contribution in [2.45, 2.75) is 49.6 Å². The lowest BCUT2D eigenvalue weighted by Gasteiger charge is -2.31. The highest BCUT2D eigenvalue weighted by Gasteiger charge is 2.29. The van der Waals surface area contributed by atoms with Crippen molar-refractivity contribution in [3.8, 4) is 0 Å². The van der Waals surface area contributed by atoms with Crippen LogP contribution in [0.1, 0.15) is 26.7 Å². The Morgan fingerprint density at radius 1 is 0.667 bits per heavy atom. The fourth-order valence-electron chi connectivity index (χ4n) is 2.29. The molecule has 0 rings (SSSR count). The number of hydrogen-bond donors (Lipinski definition) is 0. The third-order valence-electron chi connectivity index (χ3n) is 3.93. The van der Waals surface area contributed by atoms with E-state index in [1.807, 2.05) is 0 Å². The fourth-order valence-corrected chi connectivity index (χ4v) is 6.90. The van der Waals surface area contributed by atoms with Gasteiger partial charge in [-0.3, -0.25) is 0 Å². The largest absolute Gasteiger partial charge is 0.358 e. The normalized spacial score (nSPS) is 14.3. The van der Waals surface area contributed by atoms with E-state index < -0.39 is 19.0 Å². The topological polar surface area (TPSA) is 36.9 Å². The van der Waals surface area contributed by atoms with Crippen molar-refractivity contribution in [3.05, 3.63) is 0 Å². The van der Waals surface area contributed by atoms with E-state index in [4.69, 9.17) is 18.9 Å². The molecule has 0 aliphatic heterocycles. The maximum Gasteiger partial charge on any atom is 0.143 e. The first-order chi connectivity index (χ1) is 8.57. The van der Waals surface area contributed by atoms with E-state index in [-0.39, 0.29) is 10.8 Å². The average Bonchev–Trinajstić information content (AvgIpc) is 2.45. The van der Waals surface area contributed by atoms with Gasteiger partial charge in [-0.2, -0.15) is 0 Å². The van der Waals surface area contributed by atoms with Crippen LogP contribution in [0.4, 0.5) is 0 Å². The van der Waals surface area contributed by atoms with Gasteiger partial charge >= 0.3 is 0 Å². The van der Waals surface area contributed by atoms with Gasteiger partial charge in [-0.15, -0.1) is 0 Å². The minimum Gasteiger partial charge on any atom is -0.358 e. The lowest BCUT2D eigenvalue weighted by Crippen LogP contribution is -2.42. The van der Waals surface area contributed by atoms with Crippen LogP contribution in [-0.2, 0) is 18.9 Å². The summed E-state index contributed by atoms with van der Waals surface area (Å²) < 4.78 is 22.2. The molecule has 18 heavy (non-hydrogen) atoms. The Morgan fingerprint density at radius 2 is 0.944 bits per heavy atom. The van der Waals surface area contributed by atoms with Gasteiger partial charge in [-0.1, -0.05) is 25.9 Å². The molecule has 0 heterocycles. The first-order valence-corrected chi connectivity index (χ1v) is 10.2. The van der Waals surface area contributed by atoms with Crippen LogP contribution in [0.2, 0.25) is 12.1 Å². The molecule has 0 amide bonds. The van der Waals surface area contributed by atoms with Gasteiger partial charge in [0.15, 0.2) is 0 Å². The highest BCUT2D eigenvalue weighted by Crippen LogP contribution is 2.20. The standard InChI is InChI=1S/C12H30O4Si2/c1-7-11(13-3,14-4)17-9-10-18-12(8-2,15-5)16-6/h7-10,17-18H2,1-6H3. The molecule has 0 aliphatic rings. The maximum absolute atomic E-state index is 5.54. The third kappa shape index (κ3) is 5.10. The second kappa shape index (κ2) is 9.22. The van der Waals surface area contributed by atoms with Gasteiger partial charge in [0, 0.05) is 28.4 Å². The second-order valence-corrected chi connectivity index (χ2v) is 9.12. The summed E-state index contributed by atoms with van der Waals surface area (Å²) >= 11 is 0. The van der Waals surface area contributed by atoms with Crippen molar-refractivity contribution in [1.82, 2.24) is 0 Å². The summed E-state index contributed by atoms with van der Waals surface area (Å²) in [4.78, 5) is 0. The van der Waals surface area contributed by atoms with E-state index in [9.17, 15) is 0 Å². The lowest BCUT2D eigenvalue weighted by molar-refractivity contribution is -0.147. The molecule has 0 unspecified atom stereocenters. The van der Waals surface area contributed by atoms with Crippen molar-refractivity contribution in [2.24, 2.45) is 0 Å². The molecule has 6 heteroatoms. The highest BCUT2D eigenvalue weighted by atomic mass is 28.2. The molecule has 0 spiro atoms. The molecule has 0 aromatic heterocycles. The number of hydrogen-bond acceptors (Lipinski definition) is 4. The lowest BCUT2D eigenvalue weighted by atomic mass is 10.5. The Bertz CT molecular complexity index is 168.